The smallest absolute Gasteiger partial charge is 0.107 e. The van der Waals surface area contributed by atoms with Crippen LogP contribution in [0.5, 0.6) is 0 Å². The van der Waals surface area contributed by atoms with Gasteiger partial charge in [0.1, 0.15) is 4.99 Å². The Morgan fingerprint density at radius 2 is 2.16 bits per heavy atom. The minimum absolute atomic E-state index is 0.375. The van der Waals surface area contributed by atoms with Crippen LogP contribution in [0.25, 0.3) is 0 Å². The summed E-state index contributed by atoms with van der Waals surface area (Å²) in [5.41, 5.74) is 7.71. The third-order valence-electron chi connectivity index (χ3n) is 3.39. The number of likely N-dealkylation sites (tertiary alicyclic amines) is 1. The van der Waals surface area contributed by atoms with E-state index in [1.165, 1.54) is 25.9 Å². The van der Waals surface area contributed by atoms with Gasteiger partial charge < -0.3 is 16.0 Å². The predicted molar refractivity (Wildman–Crippen MR) is 88.8 cm³/mol. The molecule has 2 rings (SSSR count). The second kappa shape index (κ2) is 6.68. The van der Waals surface area contributed by atoms with Gasteiger partial charge in [0.05, 0.1) is 0 Å². The number of benzene rings is 1. The zero-order chi connectivity index (χ0) is 13.8. The molecule has 0 amide bonds. The second-order valence-electron chi connectivity index (χ2n) is 5.08. The van der Waals surface area contributed by atoms with Crippen molar-refractivity contribution in [2.75, 3.05) is 25.0 Å². The van der Waals surface area contributed by atoms with Gasteiger partial charge in [0.25, 0.3) is 0 Å². The van der Waals surface area contributed by atoms with E-state index in [1.54, 1.807) is 0 Å². The summed E-state index contributed by atoms with van der Waals surface area (Å²) in [4.78, 5) is 2.92. The molecule has 5 heteroatoms. The van der Waals surface area contributed by atoms with Crippen LogP contribution in [0.2, 0.25) is 0 Å². The first-order valence-corrected chi connectivity index (χ1v) is 7.85. The highest BCUT2D eigenvalue weighted by molar-refractivity contribution is 9.10. The normalized spacial score (nSPS) is 17.4. The number of nitrogens with zero attached hydrogens (tertiary/aromatic N) is 1. The molecule has 0 aromatic heterocycles. The Balaban J connectivity index is 2.05. The predicted octanol–water partition coefficient (Wildman–Crippen LogP) is 2.98. The van der Waals surface area contributed by atoms with Crippen molar-refractivity contribution >= 4 is 38.8 Å². The lowest BCUT2D eigenvalue weighted by molar-refractivity contribution is 0.328. The zero-order valence-electron chi connectivity index (χ0n) is 11.2. The van der Waals surface area contributed by atoms with Crippen LogP contribution in [0.15, 0.2) is 22.7 Å². The van der Waals surface area contributed by atoms with Gasteiger partial charge in [0, 0.05) is 28.3 Å². The minimum atomic E-state index is 0.375. The molecule has 1 aromatic rings. The summed E-state index contributed by atoms with van der Waals surface area (Å²) in [6, 6.07) is 6.36. The molecule has 0 spiro atoms. The summed E-state index contributed by atoms with van der Waals surface area (Å²) in [5.74, 6) is 0. The standard InChI is InChI=1S/C14H20BrN3S/c1-10(9-18-7-2-3-8-18)17-12-6-4-5-11(15)13(12)14(16)19/h4-6,10,17H,2-3,7-9H2,1H3,(H2,16,19). The van der Waals surface area contributed by atoms with Gasteiger partial charge >= 0.3 is 0 Å². The van der Waals surface area contributed by atoms with Crippen LogP contribution in [0, 0.1) is 0 Å². The second-order valence-corrected chi connectivity index (χ2v) is 6.37. The van der Waals surface area contributed by atoms with Gasteiger partial charge in [0.15, 0.2) is 0 Å². The fourth-order valence-electron chi connectivity index (χ4n) is 2.56. The maximum Gasteiger partial charge on any atom is 0.107 e. The summed E-state index contributed by atoms with van der Waals surface area (Å²) in [5, 5.41) is 3.52. The number of rotatable bonds is 5. The van der Waals surface area contributed by atoms with Crippen molar-refractivity contribution in [3.8, 4) is 0 Å². The first-order chi connectivity index (χ1) is 9.08. The molecule has 1 fully saturated rings. The molecule has 0 saturated carbocycles. The number of anilines is 1. The van der Waals surface area contributed by atoms with Crippen molar-refractivity contribution in [3.05, 3.63) is 28.2 Å². The lowest BCUT2D eigenvalue weighted by Crippen LogP contribution is -2.33. The van der Waals surface area contributed by atoms with Crippen LogP contribution in [-0.4, -0.2) is 35.6 Å². The molecule has 1 heterocycles. The fourth-order valence-corrected chi connectivity index (χ4v) is 3.49. The highest BCUT2D eigenvalue weighted by Gasteiger charge is 2.16. The van der Waals surface area contributed by atoms with Crippen molar-refractivity contribution in [1.82, 2.24) is 4.90 Å². The Morgan fingerprint density at radius 1 is 1.47 bits per heavy atom. The summed E-state index contributed by atoms with van der Waals surface area (Å²) < 4.78 is 0.943. The lowest BCUT2D eigenvalue weighted by Gasteiger charge is -2.23. The molecule has 19 heavy (non-hydrogen) atoms. The van der Waals surface area contributed by atoms with Gasteiger partial charge in [-0.05, 0) is 60.9 Å². The molecule has 1 saturated heterocycles. The Bertz CT molecular complexity index is 458. The molecule has 104 valence electrons. The number of halogens is 1. The molecule has 1 atom stereocenters. The van der Waals surface area contributed by atoms with Crippen LogP contribution in [0.1, 0.15) is 25.3 Å². The topological polar surface area (TPSA) is 41.3 Å². The van der Waals surface area contributed by atoms with Crippen molar-refractivity contribution in [3.63, 3.8) is 0 Å². The van der Waals surface area contributed by atoms with Crippen molar-refractivity contribution in [2.45, 2.75) is 25.8 Å². The average molecular weight is 342 g/mol. The maximum atomic E-state index is 5.81. The molecule has 3 nitrogen and oxygen atoms in total. The van der Waals surface area contributed by atoms with Crippen molar-refractivity contribution in [1.29, 1.82) is 0 Å². The van der Waals surface area contributed by atoms with Crippen LogP contribution in [-0.2, 0) is 0 Å². The van der Waals surface area contributed by atoms with Gasteiger partial charge in [0.2, 0.25) is 0 Å². The molecule has 1 unspecified atom stereocenters. The fraction of sp³-hybridized carbons (Fsp3) is 0.500. The van der Waals surface area contributed by atoms with Gasteiger partial charge in [-0.15, -0.1) is 0 Å². The molecule has 3 N–H and O–H groups in total. The quantitative estimate of drug-likeness (QED) is 0.808. The molecule has 0 aliphatic carbocycles. The minimum Gasteiger partial charge on any atom is -0.389 e. The van der Waals surface area contributed by atoms with Crippen LogP contribution >= 0.6 is 28.1 Å². The largest absolute Gasteiger partial charge is 0.389 e. The maximum absolute atomic E-state index is 5.81. The highest BCUT2D eigenvalue weighted by Crippen LogP contribution is 2.25. The first kappa shape index (κ1) is 14.8. The zero-order valence-corrected chi connectivity index (χ0v) is 13.6. The Morgan fingerprint density at radius 3 is 2.79 bits per heavy atom. The lowest BCUT2D eigenvalue weighted by atomic mass is 10.1. The Hall–Kier alpha value is -0.650. The number of hydrogen-bond acceptors (Lipinski definition) is 3. The van der Waals surface area contributed by atoms with Crippen molar-refractivity contribution in [2.24, 2.45) is 5.73 Å². The molecule has 1 aliphatic rings. The summed E-state index contributed by atoms with van der Waals surface area (Å²) in [6.07, 6.45) is 2.64. The third-order valence-corrected chi connectivity index (χ3v) is 4.26. The van der Waals surface area contributed by atoms with Crippen LogP contribution in [0.4, 0.5) is 5.69 Å². The van der Waals surface area contributed by atoms with E-state index in [0.29, 0.717) is 11.0 Å². The van der Waals surface area contributed by atoms with Crippen LogP contribution < -0.4 is 11.1 Å². The van der Waals surface area contributed by atoms with E-state index < -0.39 is 0 Å². The number of hydrogen-bond donors (Lipinski definition) is 2. The number of nitrogens with one attached hydrogen (secondary N) is 1. The SMILES string of the molecule is CC(CN1CCCC1)Nc1cccc(Br)c1C(N)=S. The molecular formula is C14H20BrN3S. The summed E-state index contributed by atoms with van der Waals surface area (Å²) >= 11 is 8.64. The monoisotopic (exact) mass is 341 g/mol. The van der Waals surface area contributed by atoms with Gasteiger partial charge in [-0.2, -0.15) is 0 Å². The third kappa shape index (κ3) is 3.91. The van der Waals surface area contributed by atoms with E-state index in [1.807, 2.05) is 18.2 Å². The Kier molecular flexibility index (Phi) is 5.19. The molecule has 0 radical (unpaired) electrons. The first-order valence-electron chi connectivity index (χ1n) is 6.65. The van der Waals surface area contributed by atoms with E-state index in [4.69, 9.17) is 18.0 Å². The van der Waals surface area contributed by atoms with Gasteiger partial charge in [-0.3, -0.25) is 0 Å². The molecular weight excluding hydrogens is 322 g/mol. The highest BCUT2D eigenvalue weighted by atomic mass is 79.9. The van der Waals surface area contributed by atoms with E-state index in [2.05, 4.69) is 33.1 Å². The van der Waals surface area contributed by atoms with E-state index >= 15 is 0 Å². The summed E-state index contributed by atoms with van der Waals surface area (Å²) in [7, 11) is 0. The van der Waals surface area contributed by atoms with E-state index in [0.717, 1.165) is 22.3 Å². The molecule has 1 aromatic carbocycles. The molecule has 0 bridgehead atoms. The molecule has 1 aliphatic heterocycles. The van der Waals surface area contributed by atoms with Gasteiger partial charge in [-0.1, -0.05) is 18.3 Å². The van der Waals surface area contributed by atoms with Crippen LogP contribution in [0.3, 0.4) is 0 Å². The average Bonchev–Trinajstić information content (AvgIpc) is 2.81. The van der Waals surface area contributed by atoms with E-state index in [9.17, 15) is 0 Å². The number of thiocarbonyl (C=S) groups is 1. The van der Waals surface area contributed by atoms with Crippen molar-refractivity contribution < 1.29 is 0 Å². The van der Waals surface area contributed by atoms with E-state index in [-0.39, 0.29) is 0 Å². The Labute approximate surface area is 128 Å². The van der Waals surface area contributed by atoms with Gasteiger partial charge in [-0.25, -0.2) is 0 Å². The number of nitrogens with two attached hydrogens (primary N) is 1. The summed E-state index contributed by atoms with van der Waals surface area (Å²) in [6.45, 7) is 5.69.